The summed E-state index contributed by atoms with van der Waals surface area (Å²) in [5.74, 6) is 2.02. The number of aromatic nitrogens is 6. The molecule has 1 fully saturated rings. The number of nitrogens with zero attached hydrogens (tertiary/aromatic N) is 7. The van der Waals surface area contributed by atoms with Crippen LogP contribution in [0.4, 0.5) is 11.8 Å². The van der Waals surface area contributed by atoms with E-state index < -0.39 is 0 Å². The van der Waals surface area contributed by atoms with Gasteiger partial charge in [-0.1, -0.05) is 0 Å². The number of hydrogen-bond donors (Lipinski definition) is 1. The molecule has 1 atom stereocenters. The maximum atomic E-state index is 12.6. The second-order valence-corrected chi connectivity index (χ2v) is 7.88. The first-order valence-electron chi connectivity index (χ1n) is 10.3. The molecule has 9 nitrogen and oxygen atoms in total. The first kappa shape index (κ1) is 20.6. The smallest absolute Gasteiger partial charge is 0.246 e. The maximum Gasteiger partial charge on any atom is 0.246 e. The van der Waals surface area contributed by atoms with Gasteiger partial charge in [0.1, 0.15) is 11.6 Å². The number of aryl methyl sites for hydroxylation is 4. The zero-order chi connectivity index (χ0) is 22.0. The van der Waals surface area contributed by atoms with E-state index in [4.69, 9.17) is 0 Å². The first-order chi connectivity index (χ1) is 14.9. The van der Waals surface area contributed by atoms with E-state index in [0.29, 0.717) is 30.7 Å². The van der Waals surface area contributed by atoms with Crippen LogP contribution in [0, 0.1) is 20.8 Å². The molecule has 4 heterocycles. The Bertz CT molecular complexity index is 1120. The van der Waals surface area contributed by atoms with Crippen molar-refractivity contribution in [1.29, 1.82) is 0 Å². The second kappa shape index (κ2) is 8.63. The first-order valence-corrected chi connectivity index (χ1v) is 10.3. The average molecular weight is 419 g/mol. The van der Waals surface area contributed by atoms with Crippen LogP contribution in [-0.2, 0) is 11.8 Å². The van der Waals surface area contributed by atoms with Crippen LogP contribution in [-0.4, -0.2) is 53.6 Å². The summed E-state index contributed by atoms with van der Waals surface area (Å²) in [5, 5.41) is 7.30. The molecule has 160 valence electrons. The van der Waals surface area contributed by atoms with Gasteiger partial charge in [0, 0.05) is 61.3 Å². The zero-order valence-corrected chi connectivity index (χ0v) is 18.2. The molecule has 0 aliphatic carbocycles. The van der Waals surface area contributed by atoms with Crippen molar-refractivity contribution in [2.24, 2.45) is 7.05 Å². The van der Waals surface area contributed by atoms with Gasteiger partial charge in [-0.15, -0.1) is 0 Å². The van der Waals surface area contributed by atoms with Crippen LogP contribution in [0.15, 0.2) is 30.6 Å². The Morgan fingerprint density at radius 3 is 2.61 bits per heavy atom. The Morgan fingerprint density at radius 1 is 1.13 bits per heavy atom. The highest BCUT2D eigenvalue weighted by atomic mass is 16.2. The number of rotatable bonds is 5. The van der Waals surface area contributed by atoms with Gasteiger partial charge in [-0.25, -0.2) is 19.9 Å². The van der Waals surface area contributed by atoms with Crippen LogP contribution < -0.4 is 5.32 Å². The van der Waals surface area contributed by atoms with Crippen molar-refractivity contribution in [2.75, 3.05) is 18.4 Å². The van der Waals surface area contributed by atoms with E-state index in [1.54, 1.807) is 23.0 Å². The molecule has 1 aliphatic heterocycles. The Labute approximate surface area is 181 Å². The Kier molecular flexibility index (Phi) is 5.75. The lowest BCUT2D eigenvalue weighted by Crippen LogP contribution is -2.26. The van der Waals surface area contributed by atoms with E-state index in [1.807, 2.05) is 51.0 Å². The number of nitrogens with one attached hydrogen (secondary N) is 1. The van der Waals surface area contributed by atoms with E-state index >= 15 is 0 Å². The van der Waals surface area contributed by atoms with Gasteiger partial charge in [0.05, 0.1) is 11.9 Å². The number of carbonyl (C=O) groups excluding carboxylic acids is 1. The van der Waals surface area contributed by atoms with E-state index in [9.17, 15) is 4.79 Å². The molecular formula is C22H26N8O. The van der Waals surface area contributed by atoms with Gasteiger partial charge in [-0.05, 0) is 39.3 Å². The topological polar surface area (TPSA) is 102 Å². The standard InChI is InChI=1S/C22H26N8O/c1-14-9-15(2)25-22(24-14)28-20-10-19(26-16(3)27-20)18-7-8-30(13-18)21(31)6-5-17-11-23-29(4)12-17/h5-6,9-12,18H,7-8,13H2,1-4H3,(H,24,25,26,27,28)/b6-5+/t18-/m0/s1. The van der Waals surface area contributed by atoms with Gasteiger partial charge in [0.25, 0.3) is 0 Å². The molecule has 1 N–H and O–H groups in total. The van der Waals surface area contributed by atoms with Crippen LogP contribution in [0.1, 0.15) is 40.8 Å². The molecular weight excluding hydrogens is 392 g/mol. The molecule has 0 aromatic carbocycles. The third-order valence-corrected chi connectivity index (χ3v) is 5.14. The minimum absolute atomic E-state index is 0.000819. The lowest BCUT2D eigenvalue weighted by atomic mass is 10.0. The number of anilines is 2. The summed E-state index contributed by atoms with van der Waals surface area (Å²) >= 11 is 0. The summed E-state index contributed by atoms with van der Waals surface area (Å²) in [5.41, 5.74) is 3.61. The Balaban J connectivity index is 1.45. The van der Waals surface area contributed by atoms with E-state index in [0.717, 1.165) is 29.1 Å². The SMILES string of the molecule is Cc1cc(C)nc(Nc2cc([C@H]3CCN(C(=O)/C=C/c4cnn(C)c4)C3)nc(C)n2)n1. The third-order valence-electron chi connectivity index (χ3n) is 5.14. The minimum atomic E-state index is -0.000819. The van der Waals surface area contributed by atoms with Crippen LogP contribution in [0.2, 0.25) is 0 Å². The van der Waals surface area contributed by atoms with Crippen molar-refractivity contribution >= 4 is 23.7 Å². The molecule has 31 heavy (non-hydrogen) atoms. The molecule has 0 spiro atoms. The Hall–Kier alpha value is -3.62. The lowest BCUT2D eigenvalue weighted by molar-refractivity contribution is -0.124. The van der Waals surface area contributed by atoms with Gasteiger partial charge in [-0.3, -0.25) is 9.48 Å². The van der Waals surface area contributed by atoms with Crippen LogP contribution >= 0.6 is 0 Å². The Morgan fingerprint density at radius 2 is 1.90 bits per heavy atom. The van der Waals surface area contributed by atoms with Crippen molar-refractivity contribution in [3.8, 4) is 0 Å². The molecule has 0 saturated carbocycles. The van der Waals surface area contributed by atoms with Crippen molar-refractivity contribution in [3.05, 3.63) is 59.1 Å². The number of likely N-dealkylation sites (tertiary alicyclic amines) is 1. The molecule has 0 radical (unpaired) electrons. The second-order valence-electron chi connectivity index (χ2n) is 7.88. The molecule has 4 rings (SSSR count). The number of carbonyl (C=O) groups is 1. The summed E-state index contributed by atoms with van der Waals surface area (Å²) in [6.07, 6.45) is 7.86. The summed E-state index contributed by atoms with van der Waals surface area (Å²) < 4.78 is 1.71. The van der Waals surface area contributed by atoms with Crippen molar-refractivity contribution < 1.29 is 4.79 Å². The minimum Gasteiger partial charge on any atom is -0.338 e. The molecule has 1 aliphatic rings. The predicted octanol–water partition coefficient (Wildman–Crippen LogP) is 2.70. The highest BCUT2D eigenvalue weighted by molar-refractivity contribution is 5.91. The number of amides is 1. The summed E-state index contributed by atoms with van der Waals surface area (Å²) in [4.78, 5) is 32.4. The predicted molar refractivity (Wildman–Crippen MR) is 118 cm³/mol. The summed E-state index contributed by atoms with van der Waals surface area (Å²) in [6, 6.07) is 3.85. The number of hydrogen-bond acceptors (Lipinski definition) is 7. The van der Waals surface area contributed by atoms with E-state index in [1.165, 1.54) is 0 Å². The summed E-state index contributed by atoms with van der Waals surface area (Å²) in [7, 11) is 1.85. The van der Waals surface area contributed by atoms with Crippen LogP contribution in [0.5, 0.6) is 0 Å². The maximum absolute atomic E-state index is 12.6. The van der Waals surface area contributed by atoms with Crippen molar-refractivity contribution in [2.45, 2.75) is 33.1 Å². The van der Waals surface area contributed by atoms with E-state index in [2.05, 4.69) is 30.4 Å². The molecule has 1 saturated heterocycles. The van der Waals surface area contributed by atoms with Gasteiger partial charge in [-0.2, -0.15) is 5.10 Å². The largest absolute Gasteiger partial charge is 0.338 e. The highest BCUT2D eigenvalue weighted by Crippen LogP contribution is 2.28. The monoisotopic (exact) mass is 418 g/mol. The molecule has 1 amide bonds. The van der Waals surface area contributed by atoms with Crippen molar-refractivity contribution in [3.63, 3.8) is 0 Å². The molecule has 3 aromatic heterocycles. The van der Waals surface area contributed by atoms with Crippen molar-refractivity contribution in [1.82, 2.24) is 34.6 Å². The van der Waals surface area contributed by atoms with Gasteiger partial charge < -0.3 is 10.2 Å². The molecule has 3 aromatic rings. The molecule has 0 unspecified atom stereocenters. The third kappa shape index (κ3) is 5.11. The normalized spacial score (nSPS) is 16.3. The average Bonchev–Trinajstić information content (AvgIpc) is 3.34. The van der Waals surface area contributed by atoms with Gasteiger partial charge in [0.15, 0.2) is 0 Å². The fourth-order valence-electron chi connectivity index (χ4n) is 3.76. The van der Waals surface area contributed by atoms with Gasteiger partial charge in [0.2, 0.25) is 11.9 Å². The van der Waals surface area contributed by atoms with Gasteiger partial charge >= 0.3 is 0 Å². The molecule has 0 bridgehead atoms. The molecule has 9 heteroatoms. The van der Waals surface area contributed by atoms with E-state index in [-0.39, 0.29) is 11.8 Å². The fraction of sp³-hybridized carbons (Fsp3) is 0.364. The van der Waals surface area contributed by atoms with Crippen LogP contribution in [0.3, 0.4) is 0 Å². The zero-order valence-electron chi connectivity index (χ0n) is 18.2. The van der Waals surface area contributed by atoms with Crippen LogP contribution in [0.25, 0.3) is 6.08 Å². The summed E-state index contributed by atoms with van der Waals surface area (Å²) in [6.45, 7) is 7.07. The fourth-order valence-corrected chi connectivity index (χ4v) is 3.76. The quantitative estimate of drug-likeness (QED) is 0.636. The highest BCUT2D eigenvalue weighted by Gasteiger charge is 2.27. The lowest BCUT2D eigenvalue weighted by Gasteiger charge is -2.15.